The third kappa shape index (κ3) is 4.66. The number of anilines is 2. The third-order valence-electron chi connectivity index (χ3n) is 5.18. The first-order chi connectivity index (χ1) is 15.4. The highest BCUT2D eigenvalue weighted by Gasteiger charge is 2.15. The van der Waals surface area contributed by atoms with Gasteiger partial charge < -0.3 is 15.4 Å². The van der Waals surface area contributed by atoms with Crippen LogP contribution in [0.2, 0.25) is 0 Å². The smallest absolute Gasteiger partial charge is 0.226 e. The summed E-state index contributed by atoms with van der Waals surface area (Å²) in [6.07, 6.45) is 5.41. The fourth-order valence-electron chi connectivity index (χ4n) is 3.52. The number of hydrogen-bond acceptors (Lipinski definition) is 9. The molecule has 1 fully saturated rings. The second kappa shape index (κ2) is 9.38. The number of imidazole rings is 1. The third-order valence-corrected chi connectivity index (χ3v) is 5.85. The molecule has 9 nitrogen and oxygen atoms in total. The van der Waals surface area contributed by atoms with Crippen LogP contribution in [0, 0.1) is 0 Å². The average Bonchev–Trinajstić information content (AvgIpc) is 3.49. The molecular formula is C21H24N8OS. The standard InChI is InChI=1S/C21H24N8OS/c1-2-16(12-22-4-1)13-24-19-18-20(29(15-25-18)17-3-11-31-14-17)27-21(26-19)23-5-6-28-7-9-30-10-8-28/h1-4,11-12,14-15H,5-10,13H2,(H2,23,24,26,27). The molecule has 0 aromatic carbocycles. The molecule has 1 saturated heterocycles. The second-order valence-electron chi connectivity index (χ2n) is 7.26. The van der Waals surface area contributed by atoms with E-state index in [4.69, 9.17) is 14.7 Å². The SMILES string of the molecule is c1cncc(CNc2nc(NCCN3CCOCC3)nc3c2ncn3-c2ccsc2)c1. The predicted molar refractivity (Wildman–Crippen MR) is 122 cm³/mol. The van der Waals surface area contributed by atoms with Crippen molar-refractivity contribution in [2.45, 2.75) is 6.54 Å². The molecule has 0 radical (unpaired) electrons. The van der Waals surface area contributed by atoms with Crippen molar-refractivity contribution in [3.8, 4) is 5.69 Å². The largest absolute Gasteiger partial charge is 0.379 e. The lowest BCUT2D eigenvalue weighted by atomic mass is 10.3. The maximum atomic E-state index is 5.42. The van der Waals surface area contributed by atoms with Gasteiger partial charge in [0.15, 0.2) is 17.0 Å². The van der Waals surface area contributed by atoms with Crippen LogP contribution in [-0.2, 0) is 11.3 Å². The van der Waals surface area contributed by atoms with Crippen molar-refractivity contribution in [3.63, 3.8) is 0 Å². The molecule has 1 aliphatic heterocycles. The predicted octanol–water partition coefficient (Wildman–Crippen LogP) is 2.63. The van der Waals surface area contributed by atoms with E-state index in [1.807, 2.05) is 28.3 Å². The molecule has 0 spiro atoms. The molecule has 0 aliphatic carbocycles. The van der Waals surface area contributed by atoms with E-state index in [9.17, 15) is 0 Å². The van der Waals surface area contributed by atoms with Crippen molar-refractivity contribution in [2.75, 3.05) is 50.0 Å². The Morgan fingerprint density at radius 1 is 1.13 bits per heavy atom. The quantitative estimate of drug-likeness (QED) is 0.435. The number of aromatic nitrogens is 5. The van der Waals surface area contributed by atoms with Gasteiger partial charge in [-0.2, -0.15) is 21.3 Å². The number of rotatable bonds is 8. The van der Waals surface area contributed by atoms with Crippen molar-refractivity contribution in [3.05, 3.63) is 53.2 Å². The minimum atomic E-state index is 0.589. The summed E-state index contributed by atoms with van der Waals surface area (Å²) >= 11 is 1.65. The van der Waals surface area contributed by atoms with Crippen molar-refractivity contribution in [2.24, 2.45) is 0 Å². The van der Waals surface area contributed by atoms with Gasteiger partial charge in [0.2, 0.25) is 5.95 Å². The number of hydrogen-bond donors (Lipinski definition) is 2. The topological polar surface area (TPSA) is 93.0 Å². The molecule has 0 saturated carbocycles. The maximum Gasteiger partial charge on any atom is 0.226 e. The molecule has 2 N–H and O–H groups in total. The van der Waals surface area contributed by atoms with E-state index in [2.05, 4.69) is 36.9 Å². The Hall–Kier alpha value is -3.08. The van der Waals surface area contributed by atoms with Crippen LogP contribution in [0.25, 0.3) is 16.9 Å². The lowest BCUT2D eigenvalue weighted by Crippen LogP contribution is -2.39. The van der Waals surface area contributed by atoms with Gasteiger partial charge in [-0.3, -0.25) is 14.5 Å². The van der Waals surface area contributed by atoms with E-state index in [-0.39, 0.29) is 0 Å². The zero-order chi connectivity index (χ0) is 20.9. The van der Waals surface area contributed by atoms with Crippen LogP contribution in [0.4, 0.5) is 11.8 Å². The monoisotopic (exact) mass is 436 g/mol. The number of nitrogens with one attached hydrogen (secondary N) is 2. The molecule has 4 aromatic rings. The Morgan fingerprint density at radius 3 is 2.87 bits per heavy atom. The summed E-state index contributed by atoms with van der Waals surface area (Å²) in [5, 5.41) is 10.9. The normalized spacial score (nSPS) is 14.7. The minimum Gasteiger partial charge on any atom is -0.379 e. The van der Waals surface area contributed by atoms with Crippen LogP contribution in [0.1, 0.15) is 5.56 Å². The summed E-state index contributed by atoms with van der Waals surface area (Å²) < 4.78 is 7.42. The summed E-state index contributed by atoms with van der Waals surface area (Å²) in [5.41, 5.74) is 3.64. The maximum absolute atomic E-state index is 5.42. The van der Waals surface area contributed by atoms with Crippen molar-refractivity contribution < 1.29 is 4.74 Å². The van der Waals surface area contributed by atoms with Crippen molar-refractivity contribution in [1.29, 1.82) is 0 Å². The summed E-state index contributed by atoms with van der Waals surface area (Å²) in [6, 6.07) is 6.02. The highest BCUT2D eigenvalue weighted by atomic mass is 32.1. The van der Waals surface area contributed by atoms with E-state index < -0.39 is 0 Å². The highest BCUT2D eigenvalue weighted by molar-refractivity contribution is 7.08. The number of fused-ring (bicyclic) bond motifs is 1. The molecule has 0 bridgehead atoms. The Morgan fingerprint density at radius 2 is 2.06 bits per heavy atom. The summed E-state index contributed by atoms with van der Waals surface area (Å²) in [4.78, 5) is 20.7. The number of thiophene rings is 1. The fourth-order valence-corrected chi connectivity index (χ4v) is 4.15. The summed E-state index contributed by atoms with van der Waals surface area (Å²) in [7, 11) is 0. The molecule has 0 amide bonds. The number of pyridine rings is 1. The van der Waals surface area contributed by atoms with E-state index in [1.54, 1.807) is 23.9 Å². The number of ether oxygens (including phenoxy) is 1. The molecule has 4 aromatic heterocycles. The molecule has 0 atom stereocenters. The van der Waals surface area contributed by atoms with Gasteiger partial charge in [0.05, 0.1) is 18.9 Å². The first-order valence-corrected chi connectivity index (χ1v) is 11.3. The van der Waals surface area contributed by atoms with Gasteiger partial charge in [-0.25, -0.2) is 4.98 Å². The van der Waals surface area contributed by atoms with E-state index in [1.165, 1.54) is 0 Å². The molecule has 10 heteroatoms. The molecule has 5 rings (SSSR count). The lowest BCUT2D eigenvalue weighted by molar-refractivity contribution is 0.0398. The van der Waals surface area contributed by atoms with Crippen LogP contribution in [0.3, 0.4) is 0 Å². The van der Waals surface area contributed by atoms with Crippen LogP contribution < -0.4 is 10.6 Å². The molecule has 0 unspecified atom stereocenters. The van der Waals surface area contributed by atoms with Gasteiger partial charge in [0.25, 0.3) is 0 Å². The Bertz CT molecular complexity index is 1110. The van der Waals surface area contributed by atoms with Gasteiger partial charge in [-0.1, -0.05) is 6.07 Å². The first-order valence-electron chi connectivity index (χ1n) is 10.3. The van der Waals surface area contributed by atoms with E-state index in [0.717, 1.165) is 61.8 Å². The van der Waals surface area contributed by atoms with E-state index >= 15 is 0 Å². The lowest BCUT2D eigenvalue weighted by Gasteiger charge is -2.26. The van der Waals surface area contributed by atoms with Crippen LogP contribution >= 0.6 is 11.3 Å². The zero-order valence-corrected chi connectivity index (χ0v) is 17.9. The van der Waals surface area contributed by atoms with Gasteiger partial charge in [0.1, 0.15) is 6.33 Å². The van der Waals surface area contributed by atoms with Crippen molar-refractivity contribution in [1.82, 2.24) is 29.4 Å². The molecule has 1 aliphatic rings. The second-order valence-corrected chi connectivity index (χ2v) is 8.04. The van der Waals surface area contributed by atoms with Gasteiger partial charge >= 0.3 is 0 Å². The summed E-state index contributed by atoms with van der Waals surface area (Å²) in [5.74, 6) is 1.29. The Balaban J connectivity index is 1.39. The Labute approximate surface area is 184 Å². The number of nitrogens with zero attached hydrogens (tertiary/aromatic N) is 6. The van der Waals surface area contributed by atoms with Gasteiger partial charge in [0, 0.05) is 50.5 Å². The van der Waals surface area contributed by atoms with Crippen LogP contribution in [0.15, 0.2) is 47.7 Å². The number of morpholine rings is 1. The fraction of sp³-hybridized carbons (Fsp3) is 0.333. The molecular weight excluding hydrogens is 412 g/mol. The average molecular weight is 437 g/mol. The van der Waals surface area contributed by atoms with Crippen molar-refractivity contribution >= 4 is 34.3 Å². The molecule has 31 heavy (non-hydrogen) atoms. The van der Waals surface area contributed by atoms with E-state index in [0.29, 0.717) is 18.3 Å². The first kappa shape index (κ1) is 19.9. The highest BCUT2D eigenvalue weighted by Crippen LogP contribution is 2.25. The Kier molecular flexibility index (Phi) is 6.01. The summed E-state index contributed by atoms with van der Waals surface area (Å²) in [6.45, 7) is 5.82. The van der Waals surface area contributed by atoms with Crippen LogP contribution in [-0.4, -0.2) is 68.8 Å². The molecule has 160 valence electrons. The zero-order valence-electron chi connectivity index (χ0n) is 17.1. The minimum absolute atomic E-state index is 0.589. The van der Waals surface area contributed by atoms with Gasteiger partial charge in [-0.05, 0) is 23.1 Å². The molecule has 5 heterocycles. The van der Waals surface area contributed by atoms with Gasteiger partial charge in [-0.15, -0.1) is 0 Å². The van der Waals surface area contributed by atoms with Crippen LogP contribution in [0.5, 0.6) is 0 Å².